The standard InChI is InChI=1S/C14H18N2O4/c1-9-6-11(13(17)18)2-3-12(9)16-14(19)15-7-10-4-5-20-8-10/h2-3,6,10H,4-5,7-8H2,1H3,(H,17,18)(H2,15,16,19). The minimum absolute atomic E-state index is 0.205. The van der Waals surface area contributed by atoms with Crippen LogP contribution in [0.2, 0.25) is 0 Å². The fraction of sp³-hybridized carbons (Fsp3) is 0.429. The number of carboxylic acid groups (broad SMARTS) is 1. The van der Waals surface area contributed by atoms with Crippen LogP contribution in [-0.4, -0.2) is 36.9 Å². The predicted molar refractivity (Wildman–Crippen MR) is 74.1 cm³/mol. The third kappa shape index (κ3) is 3.71. The molecule has 1 heterocycles. The minimum atomic E-state index is -0.981. The highest BCUT2D eigenvalue weighted by atomic mass is 16.5. The van der Waals surface area contributed by atoms with Gasteiger partial charge in [-0.2, -0.15) is 0 Å². The van der Waals surface area contributed by atoms with Gasteiger partial charge >= 0.3 is 12.0 Å². The number of carbonyl (C=O) groups excluding carboxylic acids is 1. The van der Waals surface area contributed by atoms with E-state index in [0.29, 0.717) is 30.3 Å². The van der Waals surface area contributed by atoms with Gasteiger partial charge in [-0.3, -0.25) is 0 Å². The molecule has 0 aliphatic carbocycles. The Labute approximate surface area is 117 Å². The zero-order chi connectivity index (χ0) is 14.5. The van der Waals surface area contributed by atoms with E-state index in [1.165, 1.54) is 12.1 Å². The van der Waals surface area contributed by atoms with Crippen molar-refractivity contribution in [3.8, 4) is 0 Å². The molecule has 1 atom stereocenters. The van der Waals surface area contributed by atoms with Crippen LogP contribution in [0.3, 0.4) is 0 Å². The first-order valence-corrected chi connectivity index (χ1v) is 6.53. The number of benzene rings is 1. The zero-order valence-corrected chi connectivity index (χ0v) is 11.3. The second-order valence-corrected chi connectivity index (χ2v) is 4.90. The molecule has 6 nitrogen and oxygen atoms in total. The van der Waals surface area contributed by atoms with Crippen LogP contribution in [0.1, 0.15) is 22.3 Å². The largest absolute Gasteiger partial charge is 0.478 e. The summed E-state index contributed by atoms with van der Waals surface area (Å²) in [6.07, 6.45) is 0.965. The maximum atomic E-state index is 11.8. The van der Waals surface area contributed by atoms with Crippen molar-refractivity contribution in [3.63, 3.8) is 0 Å². The Bertz CT molecular complexity index is 510. The lowest BCUT2D eigenvalue weighted by Gasteiger charge is -2.12. The molecule has 1 aliphatic heterocycles. The number of aryl methyl sites for hydroxylation is 1. The molecular formula is C14H18N2O4. The second kappa shape index (κ2) is 6.38. The molecule has 6 heteroatoms. The molecule has 1 aromatic rings. The number of carbonyl (C=O) groups is 2. The number of aromatic carboxylic acids is 1. The van der Waals surface area contributed by atoms with Crippen molar-refractivity contribution in [2.24, 2.45) is 5.92 Å². The molecule has 1 fully saturated rings. The third-order valence-electron chi connectivity index (χ3n) is 3.30. The van der Waals surface area contributed by atoms with Crippen LogP contribution in [0, 0.1) is 12.8 Å². The molecule has 108 valence electrons. The fourth-order valence-electron chi connectivity index (χ4n) is 2.08. The summed E-state index contributed by atoms with van der Waals surface area (Å²) in [4.78, 5) is 22.6. The Morgan fingerprint density at radius 2 is 2.25 bits per heavy atom. The van der Waals surface area contributed by atoms with Crippen LogP contribution in [0.15, 0.2) is 18.2 Å². The lowest BCUT2D eigenvalue weighted by atomic mass is 10.1. The Morgan fingerprint density at radius 1 is 1.45 bits per heavy atom. The molecule has 3 N–H and O–H groups in total. The molecule has 0 saturated carbocycles. The normalized spacial score (nSPS) is 17.8. The van der Waals surface area contributed by atoms with Crippen LogP contribution in [0.4, 0.5) is 10.5 Å². The number of carboxylic acids is 1. The van der Waals surface area contributed by atoms with E-state index in [2.05, 4.69) is 10.6 Å². The van der Waals surface area contributed by atoms with Crippen molar-refractivity contribution < 1.29 is 19.4 Å². The first kappa shape index (κ1) is 14.3. The number of nitrogens with one attached hydrogen (secondary N) is 2. The number of rotatable bonds is 4. The average molecular weight is 278 g/mol. The van der Waals surface area contributed by atoms with E-state index < -0.39 is 5.97 Å². The summed E-state index contributed by atoms with van der Waals surface area (Å²) >= 11 is 0. The van der Waals surface area contributed by atoms with E-state index in [1.807, 2.05) is 0 Å². The Balaban J connectivity index is 1.88. The Morgan fingerprint density at radius 3 is 2.85 bits per heavy atom. The van der Waals surface area contributed by atoms with Crippen LogP contribution in [-0.2, 0) is 4.74 Å². The fourth-order valence-corrected chi connectivity index (χ4v) is 2.08. The highest BCUT2D eigenvalue weighted by molar-refractivity contribution is 5.92. The molecule has 0 aromatic heterocycles. The molecule has 0 bridgehead atoms. The lowest BCUT2D eigenvalue weighted by molar-refractivity contribution is 0.0697. The zero-order valence-electron chi connectivity index (χ0n) is 11.3. The molecule has 0 radical (unpaired) electrons. The summed E-state index contributed by atoms with van der Waals surface area (Å²) in [6, 6.07) is 4.30. The van der Waals surface area contributed by atoms with E-state index in [4.69, 9.17) is 9.84 Å². The van der Waals surface area contributed by atoms with Gasteiger partial charge < -0.3 is 20.5 Å². The highest BCUT2D eigenvalue weighted by Gasteiger charge is 2.16. The number of hydrogen-bond donors (Lipinski definition) is 3. The van der Waals surface area contributed by atoms with E-state index in [9.17, 15) is 9.59 Å². The van der Waals surface area contributed by atoms with Gasteiger partial charge in [0.2, 0.25) is 0 Å². The van der Waals surface area contributed by atoms with Gasteiger partial charge in [-0.05, 0) is 37.1 Å². The van der Waals surface area contributed by atoms with Crippen LogP contribution in [0.5, 0.6) is 0 Å². The SMILES string of the molecule is Cc1cc(C(=O)O)ccc1NC(=O)NCC1CCOC1. The van der Waals surface area contributed by atoms with Crippen molar-refractivity contribution in [1.82, 2.24) is 5.32 Å². The summed E-state index contributed by atoms with van der Waals surface area (Å²) in [5.74, 6) is -0.610. The quantitative estimate of drug-likeness (QED) is 0.784. The molecule has 0 spiro atoms. The number of hydrogen-bond acceptors (Lipinski definition) is 3. The van der Waals surface area contributed by atoms with Crippen molar-refractivity contribution in [3.05, 3.63) is 29.3 Å². The summed E-state index contributed by atoms with van der Waals surface area (Å²) in [6.45, 7) is 3.78. The third-order valence-corrected chi connectivity index (χ3v) is 3.30. The highest BCUT2D eigenvalue weighted by Crippen LogP contribution is 2.16. The van der Waals surface area contributed by atoms with Gasteiger partial charge in [-0.15, -0.1) is 0 Å². The number of ether oxygens (including phenoxy) is 1. The molecular weight excluding hydrogens is 260 g/mol. The van der Waals surface area contributed by atoms with Gasteiger partial charge in [0.1, 0.15) is 0 Å². The Hall–Kier alpha value is -2.08. The van der Waals surface area contributed by atoms with E-state index >= 15 is 0 Å². The van der Waals surface area contributed by atoms with Crippen molar-refractivity contribution in [1.29, 1.82) is 0 Å². The summed E-state index contributed by atoms with van der Waals surface area (Å²) in [5, 5.41) is 14.4. The maximum absolute atomic E-state index is 11.8. The molecule has 1 unspecified atom stereocenters. The molecule has 2 amide bonds. The predicted octanol–water partition coefficient (Wildman–Crippen LogP) is 1.85. The summed E-state index contributed by atoms with van der Waals surface area (Å²) in [7, 11) is 0. The van der Waals surface area contributed by atoms with Gasteiger partial charge in [0, 0.05) is 24.8 Å². The van der Waals surface area contributed by atoms with Crippen LogP contribution >= 0.6 is 0 Å². The number of anilines is 1. The topological polar surface area (TPSA) is 87.7 Å². The van der Waals surface area contributed by atoms with Crippen LogP contribution in [0.25, 0.3) is 0 Å². The van der Waals surface area contributed by atoms with E-state index in [0.717, 1.165) is 13.0 Å². The lowest BCUT2D eigenvalue weighted by Crippen LogP contribution is -2.33. The number of amides is 2. The molecule has 2 rings (SSSR count). The summed E-state index contributed by atoms with van der Waals surface area (Å²) in [5.41, 5.74) is 1.52. The van der Waals surface area contributed by atoms with E-state index in [-0.39, 0.29) is 11.6 Å². The van der Waals surface area contributed by atoms with Crippen molar-refractivity contribution in [2.75, 3.05) is 25.1 Å². The Kier molecular flexibility index (Phi) is 4.57. The monoisotopic (exact) mass is 278 g/mol. The van der Waals surface area contributed by atoms with Gasteiger partial charge in [-0.1, -0.05) is 0 Å². The van der Waals surface area contributed by atoms with Gasteiger partial charge in [-0.25, -0.2) is 9.59 Å². The van der Waals surface area contributed by atoms with Gasteiger partial charge in [0.25, 0.3) is 0 Å². The second-order valence-electron chi connectivity index (χ2n) is 4.90. The van der Waals surface area contributed by atoms with Crippen molar-refractivity contribution >= 4 is 17.7 Å². The summed E-state index contributed by atoms with van der Waals surface area (Å²) < 4.78 is 5.24. The van der Waals surface area contributed by atoms with E-state index in [1.54, 1.807) is 13.0 Å². The van der Waals surface area contributed by atoms with Gasteiger partial charge in [0.15, 0.2) is 0 Å². The first-order chi connectivity index (χ1) is 9.56. The van der Waals surface area contributed by atoms with Gasteiger partial charge in [0.05, 0.1) is 12.2 Å². The molecule has 20 heavy (non-hydrogen) atoms. The molecule has 1 aliphatic rings. The molecule has 1 saturated heterocycles. The number of urea groups is 1. The van der Waals surface area contributed by atoms with Crippen LogP contribution < -0.4 is 10.6 Å². The molecule has 1 aromatic carbocycles. The average Bonchev–Trinajstić information content (AvgIpc) is 2.91. The smallest absolute Gasteiger partial charge is 0.335 e. The maximum Gasteiger partial charge on any atom is 0.335 e. The first-order valence-electron chi connectivity index (χ1n) is 6.53. The van der Waals surface area contributed by atoms with Crippen molar-refractivity contribution in [2.45, 2.75) is 13.3 Å². The minimum Gasteiger partial charge on any atom is -0.478 e.